The Labute approximate surface area is 66.4 Å². The second kappa shape index (κ2) is 3.69. The van der Waals surface area contributed by atoms with Crippen LogP contribution in [0.5, 0.6) is 0 Å². The minimum atomic E-state index is -1.24. The van der Waals surface area contributed by atoms with Gasteiger partial charge >= 0.3 is 5.97 Å². The van der Waals surface area contributed by atoms with E-state index in [1.807, 2.05) is 6.92 Å². The van der Waals surface area contributed by atoms with Gasteiger partial charge in [-0.25, -0.2) is 0 Å². The van der Waals surface area contributed by atoms with Crippen molar-refractivity contribution in [3.8, 4) is 0 Å². The van der Waals surface area contributed by atoms with Gasteiger partial charge in [0.2, 0.25) is 0 Å². The number of carboxylic acids is 1. The van der Waals surface area contributed by atoms with Crippen LogP contribution in [-0.4, -0.2) is 40.4 Å². The summed E-state index contributed by atoms with van der Waals surface area (Å²) >= 11 is 0. The molecule has 0 saturated heterocycles. The van der Waals surface area contributed by atoms with Gasteiger partial charge < -0.3 is 10.2 Å². The fourth-order valence-electron chi connectivity index (χ4n) is 0.762. The lowest BCUT2D eigenvalue weighted by molar-refractivity contribution is -0.151. The lowest BCUT2D eigenvalue weighted by atomic mass is 10.1. The molecule has 0 heterocycles. The summed E-state index contributed by atoms with van der Waals surface area (Å²) in [5.41, 5.74) is -1.24. The lowest BCUT2D eigenvalue weighted by Gasteiger charge is -2.31. The molecule has 0 aliphatic rings. The van der Waals surface area contributed by atoms with Crippen molar-refractivity contribution in [2.45, 2.75) is 26.0 Å². The first-order valence-electron chi connectivity index (χ1n) is 3.55. The molecular formula is C7H15NO3. The number of aliphatic hydroxyl groups is 1. The topological polar surface area (TPSA) is 60.8 Å². The Morgan fingerprint density at radius 3 is 2.36 bits per heavy atom. The summed E-state index contributed by atoms with van der Waals surface area (Å²) in [5.74, 6) is -0.990. The lowest BCUT2D eigenvalue weighted by Crippen LogP contribution is -2.45. The van der Waals surface area contributed by atoms with Gasteiger partial charge in [0.1, 0.15) is 5.72 Å². The van der Waals surface area contributed by atoms with E-state index in [0.29, 0.717) is 6.54 Å². The number of rotatable bonds is 4. The van der Waals surface area contributed by atoms with Crippen LogP contribution in [0.1, 0.15) is 20.3 Å². The zero-order valence-corrected chi connectivity index (χ0v) is 7.16. The van der Waals surface area contributed by atoms with Crippen LogP contribution < -0.4 is 0 Å². The average molecular weight is 161 g/mol. The van der Waals surface area contributed by atoms with Crippen molar-refractivity contribution < 1.29 is 15.0 Å². The molecule has 0 fully saturated rings. The van der Waals surface area contributed by atoms with E-state index in [0.717, 1.165) is 0 Å². The maximum atomic E-state index is 10.2. The monoisotopic (exact) mass is 161 g/mol. The number of hydrogen-bond acceptors (Lipinski definition) is 3. The molecule has 0 aliphatic heterocycles. The Kier molecular flexibility index (Phi) is 3.48. The van der Waals surface area contributed by atoms with E-state index >= 15 is 0 Å². The minimum absolute atomic E-state index is 0.253. The van der Waals surface area contributed by atoms with Gasteiger partial charge in [-0.3, -0.25) is 9.69 Å². The Morgan fingerprint density at radius 1 is 1.64 bits per heavy atom. The first-order chi connectivity index (χ1) is 4.90. The van der Waals surface area contributed by atoms with Gasteiger partial charge in [-0.05, 0) is 20.5 Å². The van der Waals surface area contributed by atoms with Crippen molar-refractivity contribution in [3.63, 3.8) is 0 Å². The molecule has 4 nitrogen and oxygen atoms in total. The van der Waals surface area contributed by atoms with Crippen molar-refractivity contribution in [1.82, 2.24) is 4.90 Å². The molecule has 0 aromatic heterocycles. The van der Waals surface area contributed by atoms with Gasteiger partial charge in [0, 0.05) is 0 Å². The zero-order valence-electron chi connectivity index (χ0n) is 7.16. The Bertz CT molecular complexity index is 145. The molecule has 0 spiro atoms. The van der Waals surface area contributed by atoms with E-state index in [1.54, 1.807) is 11.9 Å². The number of nitrogens with zero attached hydrogens (tertiary/aromatic N) is 1. The summed E-state index contributed by atoms with van der Waals surface area (Å²) in [6, 6.07) is 0. The molecule has 66 valence electrons. The fourth-order valence-corrected chi connectivity index (χ4v) is 0.762. The molecular weight excluding hydrogens is 146 g/mol. The van der Waals surface area contributed by atoms with E-state index in [1.165, 1.54) is 6.92 Å². The second-order valence-electron chi connectivity index (χ2n) is 2.80. The van der Waals surface area contributed by atoms with Gasteiger partial charge in [0.05, 0.1) is 6.42 Å². The molecule has 11 heavy (non-hydrogen) atoms. The Hall–Kier alpha value is -0.610. The van der Waals surface area contributed by atoms with Gasteiger partial charge in [-0.1, -0.05) is 6.92 Å². The van der Waals surface area contributed by atoms with Crippen molar-refractivity contribution in [3.05, 3.63) is 0 Å². The van der Waals surface area contributed by atoms with Crippen LogP contribution in [0.3, 0.4) is 0 Å². The molecule has 0 aliphatic carbocycles. The quantitative estimate of drug-likeness (QED) is 0.575. The molecule has 0 radical (unpaired) electrons. The van der Waals surface area contributed by atoms with E-state index in [4.69, 9.17) is 5.11 Å². The highest BCUT2D eigenvalue weighted by atomic mass is 16.4. The summed E-state index contributed by atoms with van der Waals surface area (Å²) in [7, 11) is 1.68. The van der Waals surface area contributed by atoms with Gasteiger partial charge in [0.15, 0.2) is 0 Å². The van der Waals surface area contributed by atoms with Crippen LogP contribution in [0.25, 0.3) is 0 Å². The first-order valence-corrected chi connectivity index (χ1v) is 3.55. The first kappa shape index (κ1) is 10.4. The standard InChI is InChI=1S/C7H15NO3/c1-4-8(3)7(2,11)5-6(9)10/h11H,4-5H2,1-3H3,(H,9,10). The van der Waals surface area contributed by atoms with Crippen LogP contribution in [0.15, 0.2) is 0 Å². The predicted molar refractivity (Wildman–Crippen MR) is 41.2 cm³/mol. The third kappa shape index (κ3) is 3.34. The minimum Gasteiger partial charge on any atom is -0.481 e. The molecule has 0 bridgehead atoms. The molecule has 0 amide bonds. The molecule has 0 rings (SSSR count). The van der Waals surface area contributed by atoms with E-state index in [2.05, 4.69) is 0 Å². The van der Waals surface area contributed by atoms with E-state index in [-0.39, 0.29) is 6.42 Å². The summed E-state index contributed by atoms with van der Waals surface area (Å²) in [4.78, 5) is 11.8. The number of carbonyl (C=O) groups is 1. The van der Waals surface area contributed by atoms with Gasteiger partial charge in [0.25, 0.3) is 0 Å². The summed E-state index contributed by atoms with van der Waals surface area (Å²) in [6.07, 6.45) is -0.253. The third-order valence-electron chi connectivity index (χ3n) is 1.78. The summed E-state index contributed by atoms with van der Waals surface area (Å²) < 4.78 is 0. The molecule has 0 aromatic rings. The Morgan fingerprint density at radius 2 is 2.09 bits per heavy atom. The smallest absolute Gasteiger partial charge is 0.307 e. The van der Waals surface area contributed by atoms with Crippen molar-refractivity contribution in [1.29, 1.82) is 0 Å². The van der Waals surface area contributed by atoms with Gasteiger partial charge in [-0.15, -0.1) is 0 Å². The van der Waals surface area contributed by atoms with E-state index in [9.17, 15) is 9.90 Å². The normalized spacial score (nSPS) is 16.5. The van der Waals surface area contributed by atoms with E-state index < -0.39 is 11.7 Å². The molecule has 0 saturated carbocycles. The Balaban J connectivity index is 4.08. The number of hydrogen-bond donors (Lipinski definition) is 2. The summed E-state index contributed by atoms with van der Waals surface area (Å²) in [5, 5.41) is 17.9. The molecule has 0 aromatic carbocycles. The maximum absolute atomic E-state index is 10.2. The highest BCUT2D eigenvalue weighted by Gasteiger charge is 2.27. The third-order valence-corrected chi connectivity index (χ3v) is 1.78. The average Bonchev–Trinajstić information content (AvgIpc) is 1.83. The molecule has 2 N–H and O–H groups in total. The molecule has 4 heteroatoms. The van der Waals surface area contributed by atoms with Crippen LogP contribution >= 0.6 is 0 Å². The van der Waals surface area contributed by atoms with Crippen LogP contribution in [0.2, 0.25) is 0 Å². The maximum Gasteiger partial charge on any atom is 0.307 e. The van der Waals surface area contributed by atoms with Crippen LogP contribution in [-0.2, 0) is 4.79 Å². The highest BCUT2D eigenvalue weighted by Crippen LogP contribution is 2.12. The molecule has 1 unspecified atom stereocenters. The number of aliphatic carboxylic acids is 1. The fraction of sp³-hybridized carbons (Fsp3) is 0.857. The highest BCUT2D eigenvalue weighted by molar-refractivity contribution is 5.67. The largest absolute Gasteiger partial charge is 0.481 e. The van der Waals surface area contributed by atoms with Crippen LogP contribution in [0.4, 0.5) is 0 Å². The van der Waals surface area contributed by atoms with Gasteiger partial charge in [-0.2, -0.15) is 0 Å². The van der Waals surface area contributed by atoms with Crippen molar-refractivity contribution in [2.24, 2.45) is 0 Å². The SMILES string of the molecule is CCN(C)C(C)(O)CC(=O)O. The molecule has 1 atom stereocenters. The summed E-state index contributed by atoms with van der Waals surface area (Å²) in [6.45, 7) is 3.97. The predicted octanol–water partition coefficient (Wildman–Crippen LogP) is 0.121. The van der Waals surface area contributed by atoms with Crippen molar-refractivity contribution >= 4 is 5.97 Å². The van der Waals surface area contributed by atoms with Crippen molar-refractivity contribution in [2.75, 3.05) is 13.6 Å². The number of carboxylic acid groups (broad SMARTS) is 1. The zero-order chi connectivity index (χ0) is 9.07. The van der Waals surface area contributed by atoms with Crippen LogP contribution in [0, 0.1) is 0 Å². The second-order valence-corrected chi connectivity index (χ2v) is 2.80.